The van der Waals surface area contributed by atoms with Gasteiger partial charge in [0.15, 0.2) is 0 Å². The van der Waals surface area contributed by atoms with E-state index < -0.39 is 0 Å². The molecule has 1 fully saturated rings. The zero-order chi connectivity index (χ0) is 25.1. The number of hydrogen-bond donors (Lipinski definition) is 0. The van der Waals surface area contributed by atoms with Crippen molar-refractivity contribution in [2.24, 2.45) is 5.10 Å². The third kappa shape index (κ3) is 5.66. The summed E-state index contributed by atoms with van der Waals surface area (Å²) in [5, 5.41) is 6.31. The highest BCUT2D eigenvalue weighted by Gasteiger charge is 2.22. The molecule has 3 aromatic carbocycles. The molecule has 8 heteroatoms. The molecule has 1 aliphatic carbocycles. The number of rotatable bonds is 6. The van der Waals surface area contributed by atoms with Gasteiger partial charge in [-0.15, -0.1) is 0 Å². The molecule has 5 nitrogen and oxygen atoms in total. The Morgan fingerprint density at radius 3 is 2.69 bits per heavy atom. The molecular weight excluding hydrogens is 561 g/mol. The second-order valence-corrected chi connectivity index (χ2v) is 10.7. The topological polar surface area (TPSA) is 56.5 Å². The van der Waals surface area contributed by atoms with E-state index in [1.54, 1.807) is 24.4 Å². The van der Waals surface area contributed by atoms with E-state index in [2.05, 4.69) is 21.0 Å². The first-order chi connectivity index (χ1) is 17.5. The van der Waals surface area contributed by atoms with Gasteiger partial charge in [0.25, 0.3) is 5.56 Å². The maximum atomic E-state index is 13.5. The van der Waals surface area contributed by atoms with Crippen molar-refractivity contribution in [3.05, 3.63) is 102 Å². The lowest BCUT2D eigenvalue weighted by Gasteiger charge is -2.22. The highest BCUT2D eigenvalue weighted by molar-refractivity contribution is 9.10. The zero-order valence-electron chi connectivity index (χ0n) is 19.5. The number of ether oxygens (including phenoxy) is 1. The monoisotopic (exact) mass is 583 g/mol. The maximum Gasteiger partial charge on any atom is 0.282 e. The molecule has 0 bridgehead atoms. The van der Waals surface area contributed by atoms with Crippen LogP contribution in [0, 0.1) is 0 Å². The molecular formula is C28H24BrCl2N3O2. The fourth-order valence-corrected chi connectivity index (χ4v) is 5.34. The summed E-state index contributed by atoms with van der Waals surface area (Å²) in [6.07, 6.45) is 7.21. The molecule has 1 aromatic heterocycles. The average molecular weight is 585 g/mol. The van der Waals surface area contributed by atoms with E-state index in [4.69, 9.17) is 32.9 Å². The highest BCUT2D eigenvalue weighted by Crippen LogP contribution is 2.32. The summed E-state index contributed by atoms with van der Waals surface area (Å²) >= 11 is 15.7. The summed E-state index contributed by atoms with van der Waals surface area (Å²) < 4.78 is 8.26. The smallest absolute Gasteiger partial charge is 0.282 e. The van der Waals surface area contributed by atoms with Gasteiger partial charge in [0.1, 0.15) is 18.2 Å². The van der Waals surface area contributed by atoms with Crippen LogP contribution in [0.15, 0.2) is 75.0 Å². The molecule has 0 saturated heterocycles. The van der Waals surface area contributed by atoms with E-state index in [1.807, 2.05) is 42.5 Å². The summed E-state index contributed by atoms with van der Waals surface area (Å²) in [6, 6.07) is 18.5. The number of halogens is 3. The Hall–Kier alpha value is -2.67. The van der Waals surface area contributed by atoms with Crippen molar-refractivity contribution in [2.75, 3.05) is 0 Å². The van der Waals surface area contributed by atoms with Crippen LogP contribution in [0.2, 0.25) is 10.0 Å². The molecule has 36 heavy (non-hydrogen) atoms. The average Bonchev–Trinajstić information content (AvgIpc) is 2.88. The van der Waals surface area contributed by atoms with Gasteiger partial charge in [-0.3, -0.25) is 4.79 Å². The van der Waals surface area contributed by atoms with E-state index in [0.717, 1.165) is 47.1 Å². The highest BCUT2D eigenvalue weighted by atomic mass is 79.9. The minimum atomic E-state index is -0.164. The largest absolute Gasteiger partial charge is 0.489 e. The Kier molecular flexibility index (Phi) is 7.75. The van der Waals surface area contributed by atoms with Crippen molar-refractivity contribution in [3.63, 3.8) is 0 Å². The number of fused-ring (bicyclic) bond motifs is 1. The van der Waals surface area contributed by atoms with Gasteiger partial charge in [-0.1, -0.05) is 76.6 Å². The molecule has 1 saturated carbocycles. The summed E-state index contributed by atoms with van der Waals surface area (Å²) in [6.45, 7) is 0.311. The van der Waals surface area contributed by atoms with Crippen LogP contribution in [0.3, 0.4) is 0 Å². The first-order valence-corrected chi connectivity index (χ1v) is 13.5. The molecule has 0 spiro atoms. The molecule has 0 amide bonds. The molecule has 4 aromatic rings. The standard InChI is InChI=1S/C28H24BrCl2N3O2/c29-21-10-12-26-24(14-21)28(35)34(27(33-26)19-6-2-1-3-7-19)32-16-18-5-4-8-23(13-18)36-17-20-9-11-22(30)15-25(20)31/h4-5,8-16,19H,1-3,6-7,17H2. The van der Waals surface area contributed by atoms with Crippen molar-refractivity contribution < 1.29 is 4.74 Å². The molecule has 0 radical (unpaired) electrons. The van der Waals surface area contributed by atoms with Crippen LogP contribution in [-0.2, 0) is 6.61 Å². The SMILES string of the molecule is O=c1c2cc(Br)ccc2nc(C2CCCCC2)n1N=Cc1cccc(OCc2ccc(Cl)cc2Cl)c1. The second-order valence-electron chi connectivity index (χ2n) is 8.92. The number of benzene rings is 3. The van der Waals surface area contributed by atoms with Crippen LogP contribution in [0.4, 0.5) is 0 Å². The molecule has 0 aliphatic heterocycles. The van der Waals surface area contributed by atoms with Crippen molar-refractivity contribution in [2.45, 2.75) is 44.6 Å². The zero-order valence-corrected chi connectivity index (χ0v) is 22.6. The lowest BCUT2D eigenvalue weighted by Crippen LogP contribution is -2.25. The predicted octanol–water partition coefficient (Wildman–Crippen LogP) is 7.97. The van der Waals surface area contributed by atoms with Gasteiger partial charge in [-0.25, -0.2) is 4.98 Å². The summed E-state index contributed by atoms with van der Waals surface area (Å²) in [7, 11) is 0. The van der Waals surface area contributed by atoms with E-state index in [0.29, 0.717) is 33.3 Å². The molecule has 0 unspecified atom stereocenters. The fraction of sp³-hybridized carbons (Fsp3) is 0.250. The minimum absolute atomic E-state index is 0.164. The number of nitrogens with zero attached hydrogens (tertiary/aromatic N) is 3. The lowest BCUT2D eigenvalue weighted by atomic mass is 9.88. The first-order valence-electron chi connectivity index (χ1n) is 11.9. The third-order valence-corrected chi connectivity index (χ3v) is 7.47. The quantitative estimate of drug-likeness (QED) is 0.216. The summed E-state index contributed by atoms with van der Waals surface area (Å²) in [4.78, 5) is 18.4. The van der Waals surface area contributed by atoms with Gasteiger partial charge in [-0.05, 0) is 60.9 Å². The maximum absolute atomic E-state index is 13.5. The van der Waals surface area contributed by atoms with Crippen LogP contribution in [0.1, 0.15) is 55.0 Å². The van der Waals surface area contributed by atoms with Gasteiger partial charge in [0.05, 0.1) is 17.1 Å². The third-order valence-electron chi connectivity index (χ3n) is 6.39. The fourth-order valence-electron chi connectivity index (χ4n) is 4.51. The lowest BCUT2D eigenvalue weighted by molar-refractivity contribution is 0.306. The van der Waals surface area contributed by atoms with E-state index in [9.17, 15) is 4.79 Å². The Balaban J connectivity index is 1.45. The van der Waals surface area contributed by atoms with Crippen molar-refractivity contribution >= 4 is 56.2 Å². The Morgan fingerprint density at radius 2 is 1.89 bits per heavy atom. The van der Waals surface area contributed by atoms with Gasteiger partial charge >= 0.3 is 0 Å². The predicted molar refractivity (Wildman–Crippen MR) is 150 cm³/mol. The van der Waals surface area contributed by atoms with Crippen LogP contribution in [0.5, 0.6) is 5.75 Å². The molecule has 184 valence electrons. The Morgan fingerprint density at radius 1 is 1.06 bits per heavy atom. The molecule has 0 atom stereocenters. The van der Waals surface area contributed by atoms with Crippen LogP contribution >= 0.6 is 39.1 Å². The van der Waals surface area contributed by atoms with E-state index in [-0.39, 0.29) is 11.5 Å². The van der Waals surface area contributed by atoms with Crippen molar-refractivity contribution in [1.82, 2.24) is 9.66 Å². The second kappa shape index (κ2) is 11.2. The molecule has 1 aliphatic rings. The molecule has 0 N–H and O–H groups in total. The first kappa shape index (κ1) is 25.0. The normalized spacial score (nSPS) is 14.5. The molecule has 1 heterocycles. The summed E-state index contributed by atoms with van der Waals surface area (Å²) in [5.74, 6) is 1.62. The van der Waals surface area contributed by atoms with E-state index >= 15 is 0 Å². The van der Waals surface area contributed by atoms with Crippen LogP contribution < -0.4 is 10.3 Å². The van der Waals surface area contributed by atoms with Crippen molar-refractivity contribution in [3.8, 4) is 5.75 Å². The van der Waals surface area contributed by atoms with Crippen molar-refractivity contribution in [1.29, 1.82) is 0 Å². The van der Waals surface area contributed by atoms with Gasteiger partial charge in [0.2, 0.25) is 0 Å². The Bertz CT molecular complexity index is 1500. The van der Waals surface area contributed by atoms with Crippen LogP contribution in [0.25, 0.3) is 10.9 Å². The molecule has 5 rings (SSSR count). The van der Waals surface area contributed by atoms with Crippen LogP contribution in [-0.4, -0.2) is 15.9 Å². The minimum Gasteiger partial charge on any atom is -0.489 e. The Labute approximate surface area is 227 Å². The summed E-state index contributed by atoms with van der Waals surface area (Å²) in [5.41, 5.74) is 2.19. The van der Waals surface area contributed by atoms with E-state index in [1.165, 1.54) is 11.1 Å². The van der Waals surface area contributed by atoms with Gasteiger partial charge in [0, 0.05) is 26.0 Å². The number of hydrogen-bond acceptors (Lipinski definition) is 4. The van der Waals surface area contributed by atoms with Gasteiger partial charge < -0.3 is 4.74 Å². The number of aromatic nitrogens is 2. The van der Waals surface area contributed by atoms with Gasteiger partial charge in [-0.2, -0.15) is 9.78 Å².